The Balaban J connectivity index is 0.982. The van der Waals surface area contributed by atoms with Crippen LogP contribution in [-0.4, -0.2) is 46.3 Å². The van der Waals surface area contributed by atoms with Crippen LogP contribution in [0.4, 0.5) is 0 Å². The highest BCUT2D eigenvalue weighted by molar-refractivity contribution is 6.08. The van der Waals surface area contributed by atoms with Crippen molar-refractivity contribution in [1.29, 1.82) is 0 Å². The van der Waals surface area contributed by atoms with E-state index in [1.165, 1.54) is 43.4 Å². The van der Waals surface area contributed by atoms with E-state index < -0.39 is 23.9 Å². The zero-order valence-electron chi connectivity index (χ0n) is 35.0. The lowest BCUT2D eigenvalue weighted by Crippen LogP contribution is -2.49. The van der Waals surface area contributed by atoms with Crippen molar-refractivity contribution in [3.63, 3.8) is 0 Å². The van der Waals surface area contributed by atoms with Crippen molar-refractivity contribution < 1.29 is 38.9 Å². The van der Waals surface area contributed by atoms with E-state index in [0.29, 0.717) is 23.7 Å². The molecule has 2 unspecified atom stereocenters. The number of carbonyl (C=O) groups is 4. The second kappa shape index (κ2) is 16.8. The van der Waals surface area contributed by atoms with Gasteiger partial charge in [-0.15, -0.1) is 0 Å². The Morgan fingerprint density at radius 2 is 0.839 bits per heavy atom. The maximum atomic E-state index is 13.2. The number of carboxylic acid groups (broad SMARTS) is 2. The fourth-order valence-corrected chi connectivity index (χ4v) is 12.9. The summed E-state index contributed by atoms with van der Waals surface area (Å²) < 4.78 is 12.6. The molecule has 4 aliphatic rings. The summed E-state index contributed by atoms with van der Waals surface area (Å²) >= 11 is 0. The summed E-state index contributed by atoms with van der Waals surface area (Å²) in [5, 5.41) is 28.2. The molecule has 4 saturated carbocycles. The van der Waals surface area contributed by atoms with Crippen LogP contribution in [0.15, 0.2) is 109 Å². The van der Waals surface area contributed by atoms with E-state index >= 15 is 0 Å². The molecule has 10 atom stereocenters. The third-order valence-corrected chi connectivity index (χ3v) is 15.6. The molecule has 8 nitrogen and oxygen atoms in total. The lowest BCUT2D eigenvalue weighted by Gasteiger charge is -2.56. The van der Waals surface area contributed by atoms with Crippen LogP contribution < -0.4 is 0 Å². The number of aliphatic carboxylic acids is 2. The second-order valence-electron chi connectivity index (χ2n) is 18.9. The summed E-state index contributed by atoms with van der Waals surface area (Å²) in [5.41, 5.74) is 2.36. The van der Waals surface area contributed by atoms with Crippen molar-refractivity contribution in [2.24, 2.45) is 35.5 Å². The Morgan fingerprint density at radius 3 is 1.29 bits per heavy atom. The van der Waals surface area contributed by atoms with Gasteiger partial charge in [-0.1, -0.05) is 109 Å². The molecule has 318 valence electrons. The number of benzene rings is 6. The molecular formula is C54H54O8. The Morgan fingerprint density at radius 1 is 0.435 bits per heavy atom. The van der Waals surface area contributed by atoms with E-state index in [2.05, 4.69) is 109 Å². The van der Waals surface area contributed by atoms with Crippen LogP contribution in [0.2, 0.25) is 0 Å². The number of hydrogen-bond acceptors (Lipinski definition) is 6. The van der Waals surface area contributed by atoms with Gasteiger partial charge in [0.05, 0.1) is 25.7 Å². The molecule has 0 spiro atoms. The summed E-state index contributed by atoms with van der Waals surface area (Å²) in [7, 11) is 0. The normalized spacial score (nSPS) is 28.1. The highest BCUT2D eigenvalue weighted by Crippen LogP contribution is 2.60. The zero-order valence-corrected chi connectivity index (χ0v) is 35.0. The fourth-order valence-electron chi connectivity index (χ4n) is 12.9. The van der Waals surface area contributed by atoms with Crippen LogP contribution in [-0.2, 0) is 28.7 Å². The van der Waals surface area contributed by atoms with Crippen molar-refractivity contribution in [3.05, 3.63) is 120 Å². The molecule has 4 fully saturated rings. The van der Waals surface area contributed by atoms with Crippen LogP contribution in [0.25, 0.3) is 43.1 Å². The van der Waals surface area contributed by atoms with Crippen molar-refractivity contribution in [2.75, 3.05) is 0 Å². The Labute approximate surface area is 361 Å². The summed E-state index contributed by atoms with van der Waals surface area (Å²) in [4.78, 5) is 49.3. The van der Waals surface area contributed by atoms with Crippen molar-refractivity contribution in [3.8, 4) is 0 Å². The first-order valence-corrected chi connectivity index (χ1v) is 22.8. The van der Waals surface area contributed by atoms with E-state index in [4.69, 9.17) is 9.47 Å². The minimum absolute atomic E-state index is 0.0162. The van der Waals surface area contributed by atoms with Gasteiger partial charge < -0.3 is 19.7 Å². The maximum absolute atomic E-state index is 13.2. The van der Waals surface area contributed by atoms with Crippen LogP contribution in [0, 0.1) is 35.5 Å². The molecule has 0 bridgehead atoms. The highest BCUT2D eigenvalue weighted by atomic mass is 16.5. The molecule has 10 rings (SSSR count). The monoisotopic (exact) mass is 830 g/mol. The lowest BCUT2D eigenvalue weighted by atomic mass is 9.50. The maximum Gasteiger partial charge on any atom is 0.306 e. The van der Waals surface area contributed by atoms with Crippen LogP contribution >= 0.6 is 0 Å². The van der Waals surface area contributed by atoms with Crippen molar-refractivity contribution in [2.45, 2.75) is 101 Å². The van der Waals surface area contributed by atoms with E-state index in [-0.39, 0.29) is 61.6 Å². The predicted molar refractivity (Wildman–Crippen MR) is 240 cm³/mol. The predicted octanol–water partition coefficient (Wildman–Crippen LogP) is 11.6. The molecule has 0 radical (unpaired) electrons. The Bertz CT molecular complexity index is 2520. The number of esters is 2. The Kier molecular flexibility index (Phi) is 11.0. The molecule has 0 aromatic heterocycles. The molecular weight excluding hydrogens is 777 g/mol. The van der Waals surface area contributed by atoms with Gasteiger partial charge in [0.15, 0.2) is 0 Å². The van der Waals surface area contributed by atoms with Gasteiger partial charge >= 0.3 is 23.9 Å². The van der Waals surface area contributed by atoms with Gasteiger partial charge in [-0.2, -0.15) is 0 Å². The van der Waals surface area contributed by atoms with E-state index in [9.17, 15) is 29.4 Å². The first kappa shape index (κ1) is 40.3. The van der Waals surface area contributed by atoms with E-state index in [1.54, 1.807) is 0 Å². The van der Waals surface area contributed by atoms with Gasteiger partial charge in [0.25, 0.3) is 0 Å². The quantitative estimate of drug-likeness (QED) is 0.103. The summed E-state index contributed by atoms with van der Waals surface area (Å²) in [6.07, 6.45) is 6.36. The van der Waals surface area contributed by atoms with E-state index in [0.717, 1.165) is 62.1 Å². The first-order chi connectivity index (χ1) is 30.2. The molecule has 8 heteroatoms. The smallest absolute Gasteiger partial charge is 0.306 e. The molecule has 6 aromatic rings. The molecule has 62 heavy (non-hydrogen) atoms. The van der Waals surface area contributed by atoms with Gasteiger partial charge in [0, 0.05) is 11.8 Å². The molecule has 4 aliphatic carbocycles. The molecule has 2 N–H and O–H groups in total. The molecule has 0 heterocycles. The molecule has 0 aliphatic heterocycles. The average Bonchev–Trinajstić information content (AvgIpc) is 3.28. The standard InChI is InChI=1S/C54H54O8/c55-49(56)21-23-51(59)61-47-19-15-35-27-39-28-36-16-20-48(62-52(60)24-22-50(57)58)54(38-14-18-44-34(26-38)12-10-32-6-2-4-8-42(32)44)46(36)30-40(39)29-45(35)53(47)37-13-17-43-33(25-37)11-9-31-5-1-3-7-41(31)43/h1-14,17-18,25-26,35-36,39-40,45-48,53-54H,15-16,19-24,27-30H2,(H,55,56)(H,57,58)/t35-,36+,39?,40?,45-,46+,47+,48-,53+,54-. The minimum Gasteiger partial charge on any atom is -0.481 e. The number of hydrogen-bond donors (Lipinski definition) is 2. The summed E-state index contributed by atoms with van der Waals surface area (Å²) in [5.74, 6) is -0.327. The van der Waals surface area contributed by atoms with Gasteiger partial charge in [-0.25, -0.2) is 0 Å². The number of ether oxygens (including phenoxy) is 2. The zero-order chi connectivity index (χ0) is 42.5. The third kappa shape index (κ3) is 7.82. The number of carbonyl (C=O) groups excluding carboxylic acids is 2. The van der Waals surface area contributed by atoms with Gasteiger partial charge in [-0.3, -0.25) is 19.2 Å². The van der Waals surface area contributed by atoms with Gasteiger partial charge in [-0.05, 0) is 141 Å². The third-order valence-electron chi connectivity index (χ3n) is 15.6. The van der Waals surface area contributed by atoms with Crippen molar-refractivity contribution in [1.82, 2.24) is 0 Å². The second-order valence-corrected chi connectivity index (χ2v) is 18.9. The minimum atomic E-state index is -1.01. The van der Waals surface area contributed by atoms with Crippen molar-refractivity contribution >= 4 is 67.0 Å². The van der Waals surface area contributed by atoms with Gasteiger partial charge in [0.1, 0.15) is 12.2 Å². The topological polar surface area (TPSA) is 127 Å². The fraction of sp³-hybridized carbons (Fsp3) is 0.407. The number of rotatable bonds is 10. The number of fused-ring (bicyclic) bond motifs is 9. The average molecular weight is 831 g/mol. The SMILES string of the molecule is O=C(O)CCC(=O)O[C@H]1CC[C@@H]2CC3C[C@@H]4CC[C@@H](OC(=O)CCC(=O)O)[C@H](c5ccc6c(ccc7ccccc76)c5)[C@H]4CC3C[C@H]2[C@@H]1c1ccc2c(ccc3ccccc32)c1. The summed E-state index contributed by atoms with van der Waals surface area (Å²) in [6.45, 7) is 0. The Hall–Kier alpha value is -5.76. The van der Waals surface area contributed by atoms with E-state index in [1.807, 2.05) is 0 Å². The largest absolute Gasteiger partial charge is 0.481 e. The first-order valence-electron chi connectivity index (χ1n) is 22.8. The molecule has 0 saturated heterocycles. The highest BCUT2D eigenvalue weighted by Gasteiger charge is 2.53. The lowest BCUT2D eigenvalue weighted by molar-refractivity contribution is -0.159. The molecule has 0 amide bonds. The van der Waals surface area contributed by atoms with Crippen LogP contribution in [0.1, 0.15) is 100 Å². The number of carboxylic acids is 2. The van der Waals surface area contributed by atoms with Crippen LogP contribution in [0.5, 0.6) is 0 Å². The summed E-state index contributed by atoms with van der Waals surface area (Å²) in [6, 6.07) is 39.2. The molecule has 6 aromatic carbocycles. The van der Waals surface area contributed by atoms with Gasteiger partial charge in [0.2, 0.25) is 0 Å². The van der Waals surface area contributed by atoms with Crippen LogP contribution in [0.3, 0.4) is 0 Å².